The Bertz CT molecular complexity index is 1690. The summed E-state index contributed by atoms with van der Waals surface area (Å²) in [5.41, 5.74) is -0.379. The van der Waals surface area contributed by atoms with Gasteiger partial charge in [-0.2, -0.15) is 0 Å². The molecule has 2 N–H and O–H groups in total. The van der Waals surface area contributed by atoms with E-state index in [2.05, 4.69) is 15.6 Å². The summed E-state index contributed by atoms with van der Waals surface area (Å²) in [4.78, 5) is 17.5. The van der Waals surface area contributed by atoms with Gasteiger partial charge in [0.15, 0.2) is 5.13 Å². The van der Waals surface area contributed by atoms with Crippen molar-refractivity contribution >= 4 is 49.9 Å². The first-order chi connectivity index (χ1) is 23.0. The number of nitrogens with one attached hydrogen (secondary N) is 2. The van der Waals surface area contributed by atoms with Crippen LogP contribution in [0.3, 0.4) is 0 Å². The molecule has 4 rings (SSSR count). The van der Waals surface area contributed by atoms with Crippen LogP contribution in [0.15, 0.2) is 46.8 Å². The SMILES string of the molecule is COc1ccc(CN(c2nccs2)S(=O)(=O)c2cc(Cl)c(NCC(F)(F)CCNCC3CCCN3C(=O)OC(C)(C)C)cc2F)c(OC)c1. The van der Waals surface area contributed by atoms with Crippen LogP contribution in [0.25, 0.3) is 0 Å². The zero-order valence-electron chi connectivity index (χ0n) is 27.9. The van der Waals surface area contributed by atoms with E-state index in [0.717, 1.165) is 40.6 Å². The van der Waals surface area contributed by atoms with Crippen LogP contribution < -0.4 is 24.4 Å². The van der Waals surface area contributed by atoms with Gasteiger partial charge in [-0.15, -0.1) is 11.3 Å². The van der Waals surface area contributed by atoms with Crippen LogP contribution >= 0.6 is 22.9 Å². The molecule has 49 heavy (non-hydrogen) atoms. The minimum absolute atomic E-state index is 0.0435. The van der Waals surface area contributed by atoms with Crippen LogP contribution in [0.4, 0.5) is 28.8 Å². The van der Waals surface area contributed by atoms with E-state index in [1.165, 1.54) is 20.4 Å². The number of thiazole rings is 1. The molecule has 1 aromatic heterocycles. The van der Waals surface area contributed by atoms with Crippen molar-refractivity contribution in [2.24, 2.45) is 0 Å². The maximum Gasteiger partial charge on any atom is 0.410 e. The van der Waals surface area contributed by atoms with Crippen molar-refractivity contribution < 1.29 is 40.6 Å². The molecule has 1 atom stereocenters. The van der Waals surface area contributed by atoms with Crippen LogP contribution in [0, 0.1) is 5.82 Å². The third-order valence-corrected chi connectivity index (χ3v) is 10.6. The van der Waals surface area contributed by atoms with Gasteiger partial charge in [0.25, 0.3) is 15.9 Å². The topological polar surface area (TPSA) is 122 Å². The van der Waals surface area contributed by atoms with Gasteiger partial charge in [0.05, 0.1) is 38.0 Å². The number of aromatic nitrogens is 1. The van der Waals surface area contributed by atoms with E-state index in [9.17, 15) is 22.0 Å². The number of anilines is 2. The lowest BCUT2D eigenvalue weighted by Gasteiger charge is -2.29. The van der Waals surface area contributed by atoms with Crippen LogP contribution in [-0.2, 0) is 21.3 Å². The Morgan fingerprint density at radius 2 is 1.94 bits per heavy atom. The molecular formula is C32H41ClF3N5O6S2. The normalized spacial score (nSPS) is 15.3. The van der Waals surface area contributed by atoms with E-state index in [1.807, 2.05) is 0 Å². The summed E-state index contributed by atoms with van der Waals surface area (Å²) in [6.07, 6.45) is 1.96. The highest BCUT2D eigenvalue weighted by Gasteiger charge is 2.34. The second-order valence-electron chi connectivity index (χ2n) is 12.4. The van der Waals surface area contributed by atoms with Crippen LogP contribution in [0.2, 0.25) is 5.02 Å². The molecule has 270 valence electrons. The Kier molecular flexibility index (Phi) is 12.5. The van der Waals surface area contributed by atoms with Crippen molar-refractivity contribution in [3.8, 4) is 11.5 Å². The molecular weight excluding hydrogens is 707 g/mol. The quantitative estimate of drug-likeness (QED) is 0.162. The number of hydrogen-bond acceptors (Lipinski definition) is 10. The first kappa shape index (κ1) is 38.3. The Labute approximate surface area is 293 Å². The average Bonchev–Trinajstić information content (AvgIpc) is 3.74. The lowest BCUT2D eigenvalue weighted by molar-refractivity contribution is 0.00579. The second kappa shape index (κ2) is 16.0. The summed E-state index contributed by atoms with van der Waals surface area (Å²) in [5.74, 6) is -3.59. The lowest BCUT2D eigenvalue weighted by atomic mass is 10.2. The monoisotopic (exact) mass is 747 g/mol. The molecule has 17 heteroatoms. The van der Waals surface area contributed by atoms with Gasteiger partial charge in [0, 0.05) is 55.3 Å². The molecule has 0 saturated carbocycles. The number of hydrogen-bond donors (Lipinski definition) is 2. The Morgan fingerprint density at radius 1 is 1.18 bits per heavy atom. The molecule has 1 aliphatic rings. The number of alkyl halides is 2. The van der Waals surface area contributed by atoms with Gasteiger partial charge in [-0.3, -0.25) is 0 Å². The predicted octanol–water partition coefficient (Wildman–Crippen LogP) is 6.77. The number of nitrogens with zero attached hydrogens (tertiary/aromatic N) is 3. The van der Waals surface area contributed by atoms with Crippen LogP contribution in [-0.4, -0.2) is 82.4 Å². The number of carbonyl (C=O) groups excluding carboxylic acids is 1. The molecule has 1 aliphatic heterocycles. The fourth-order valence-electron chi connectivity index (χ4n) is 5.17. The summed E-state index contributed by atoms with van der Waals surface area (Å²) in [6.45, 7) is 5.03. The largest absolute Gasteiger partial charge is 0.497 e. The first-order valence-electron chi connectivity index (χ1n) is 15.5. The van der Waals surface area contributed by atoms with Gasteiger partial charge in [-0.25, -0.2) is 35.7 Å². The van der Waals surface area contributed by atoms with Crippen LogP contribution in [0.5, 0.6) is 11.5 Å². The van der Waals surface area contributed by atoms with Gasteiger partial charge in [-0.1, -0.05) is 11.6 Å². The standard InChI is InChI=1S/C32H41ClF3N5O6S2/c1-31(2,3)47-30(42)40-13-6-7-22(40)18-37-11-10-32(35,36)20-39-26-17-25(34)28(16-24(26)33)49(43,44)41(29-38-12-14-48-29)19-21-8-9-23(45-4)15-27(21)46-5/h8-9,12,14-17,22,37,39H,6-7,10-11,13,18-20H2,1-5H3. The van der Waals surface area contributed by atoms with Crippen molar-refractivity contribution in [2.45, 2.75) is 69.0 Å². The fourth-order valence-corrected chi connectivity index (χ4v) is 7.81. The third kappa shape index (κ3) is 10.0. The van der Waals surface area contributed by atoms with E-state index < -0.39 is 51.3 Å². The number of methoxy groups -OCH3 is 2. The maximum absolute atomic E-state index is 15.5. The molecule has 11 nitrogen and oxygen atoms in total. The molecule has 0 aliphatic carbocycles. The van der Waals surface area contributed by atoms with Crippen molar-refractivity contribution in [3.05, 3.63) is 58.3 Å². The highest BCUT2D eigenvalue weighted by Crippen LogP contribution is 2.36. The van der Waals surface area contributed by atoms with Crippen molar-refractivity contribution in [1.29, 1.82) is 0 Å². The second-order valence-corrected chi connectivity index (χ2v) is 15.5. The van der Waals surface area contributed by atoms with Crippen molar-refractivity contribution in [1.82, 2.24) is 15.2 Å². The smallest absolute Gasteiger partial charge is 0.410 e. The van der Waals surface area contributed by atoms with Crippen molar-refractivity contribution in [3.63, 3.8) is 0 Å². The number of sulfonamides is 1. The van der Waals surface area contributed by atoms with Crippen molar-refractivity contribution in [2.75, 3.05) is 50.0 Å². The molecule has 1 unspecified atom stereocenters. The molecule has 2 heterocycles. The lowest BCUT2D eigenvalue weighted by Crippen LogP contribution is -2.44. The Balaban J connectivity index is 1.40. The van der Waals surface area contributed by atoms with Gasteiger partial charge in [0.2, 0.25) is 0 Å². The van der Waals surface area contributed by atoms with Crippen LogP contribution in [0.1, 0.15) is 45.6 Å². The van der Waals surface area contributed by atoms with Gasteiger partial charge in [-0.05, 0) is 57.9 Å². The first-order valence-corrected chi connectivity index (χ1v) is 18.2. The number of carbonyl (C=O) groups is 1. The zero-order chi connectivity index (χ0) is 36.0. The maximum atomic E-state index is 15.5. The molecule has 0 radical (unpaired) electrons. The van der Waals surface area contributed by atoms with E-state index in [1.54, 1.807) is 49.3 Å². The van der Waals surface area contributed by atoms with E-state index in [-0.39, 0.29) is 35.0 Å². The van der Waals surface area contributed by atoms with E-state index in [4.69, 9.17) is 25.8 Å². The number of ether oxygens (including phenoxy) is 3. The Hall–Kier alpha value is -3.47. The fraction of sp³-hybridized carbons (Fsp3) is 0.500. The zero-order valence-corrected chi connectivity index (χ0v) is 30.3. The number of halogens is 4. The Morgan fingerprint density at radius 3 is 2.59 bits per heavy atom. The summed E-state index contributed by atoms with van der Waals surface area (Å²) in [5, 5.41) is 6.82. The molecule has 1 fully saturated rings. The van der Waals surface area contributed by atoms with Gasteiger partial charge < -0.3 is 29.7 Å². The number of rotatable bonds is 15. The summed E-state index contributed by atoms with van der Waals surface area (Å²) in [7, 11) is -1.70. The molecule has 0 bridgehead atoms. The molecule has 0 spiro atoms. The highest BCUT2D eigenvalue weighted by atomic mass is 35.5. The molecule has 3 aromatic rings. The number of likely N-dealkylation sites (tertiary alicyclic amines) is 1. The molecule has 2 aromatic carbocycles. The summed E-state index contributed by atoms with van der Waals surface area (Å²) < 4.78 is 89.9. The number of benzene rings is 2. The summed E-state index contributed by atoms with van der Waals surface area (Å²) in [6, 6.07) is 6.34. The highest BCUT2D eigenvalue weighted by molar-refractivity contribution is 7.93. The number of amides is 1. The predicted molar refractivity (Wildman–Crippen MR) is 183 cm³/mol. The molecule has 1 saturated heterocycles. The van der Waals surface area contributed by atoms with Gasteiger partial charge in [0.1, 0.15) is 27.8 Å². The van der Waals surface area contributed by atoms with E-state index in [0.29, 0.717) is 30.2 Å². The summed E-state index contributed by atoms with van der Waals surface area (Å²) >= 11 is 7.35. The molecule has 1 amide bonds. The third-order valence-electron chi connectivity index (χ3n) is 7.62. The van der Waals surface area contributed by atoms with Gasteiger partial charge >= 0.3 is 6.09 Å². The minimum atomic E-state index is -4.60. The minimum Gasteiger partial charge on any atom is -0.497 e. The van der Waals surface area contributed by atoms with E-state index >= 15 is 4.39 Å². The average molecular weight is 748 g/mol.